The predicted octanol–water partition coefficient (Wildman–Crippen LogP) is 10.2. The summed E-state index contributed by atoms with van der Waals surface area (Å²) in [5.74, 6) is 2.59. The van der Waals surface area contributed by atoms with Gasteiger partial charge >= 0.3 is 0 Å². The van der Waals surface area contributed by atoms with E-state index in [1.54, 1.807) is 0 Å². The second kappa shape index (κ2) is 10.4. The fourth-order valence-electron chi connectivity index (χ4n) is 6.54. The summed E-state index contributed by atoms with van der Waals surface area (Å²) in [6.45, 7) is 0. The molecule has 45 heavy (non-hydrogen) atoms. The van der Waals surface area contributed by atoms with E-state index < -0.39 is 0 Å². The highest BCUT2D eigenvalue weighted by Gasteiger charge is 2.22. The van der Waals surface area contributed by atoms with Crippen molar-refractivity contribution >= 4 is 38.3 Å². The zero-order chi connectivity index (χ0) is 29.7. The Labute approximate surface area is 260 Å². The molecule has 2 aliphatic carbocycles. The summed E-state index contributed by atoms with van der Waals surface area (Å²) in [7, 11) is 0. The molecule has 4 nitrogen and oxygen atoms in total. The summed E-state index contributed by atoms with van der Waals surface area (Å²) in [6.07, 6.45) is 15.6. The first-order chi connectivity index (χ1) is 22.3. The molecule has 5 aromatic carbocycles. The number of fused-ring (bicyclic) bond motifs is 5. The molecule has 2 aliphatic rings. The number of rotatable bonds is 4. The topological polar surface area (TPSA) is 51.8 Å². The van der Waals surface area contributed by atoms with Gasteiger partial charge in [0.25, 0.3) is 0 Å². The molecule has 4 heteroatoms. The van der Waals surface area contributed by atoms with E-state index in [4.69, 9.17) is 19.4 Å². The maximum absolute atomic E-state index is 6.48. The van der Waals surface area contributed by atoms with Crippen LogP contribution >= 0.6 is 0 Å². The minimum atomic E-state index is 0.325. The lowest BCUT2D eigenvalue weighted by Crippen LogP contribution is -2.11. The summed E-state index contributed by atoms with van der Waals surface area (Å²) in [5.41, 5.74) is 6.69. The zero-order valence-electron chi connectivity index (χ0n) is 24.3. The van der Waals surface area contributed by atoms with Crippen LogP contribution < -0.4 is 0 Å². The van der Waals surface area contributed by atoms with Crippen molar-refractivity contribution in [1.29, 1.82) is 0 Å². The normalized spacial score (nSPS) is 17.2. The van der Waals surface area contributed by atoms with Crippen LogP contribution in [0.15, 0.2) is 156 Å². The number of furan rings is 1. The molecule has 0 radical (unpaired) electrons. The summed E-state index contributed by atoms with van der Waals surface area (Å²) in [6, 6.07) is 37.4. The number of hydrogen-bond acceptors (Lipinski definition) is 4. The first kappa shape index (κ1) is 25.6. The highest BCUT2D eigenvalue weighted by atomic mass is 16.3. The van der Waals surface area contributed by atoms with E-state index >= 15 is 0 Å². The largest absolute Gasteiger partial charge is 0.456 e. The smallest absolute Gasteiger partial charge is 0.164 e. The molecule has 0 N–H and O–H groups in total. The number of allylic oxidation sites excluding steroid dienone is 8. The van der Waals surface area contributed by atoms with Crippen LogP contribution in [0.3, 0.4) is 0 Å². The van der Waals surface area contributed by atoms with Gasteiger partial charge in [-0.2, -0.15) is 0 Å². The van der Waals surface area contributed by atoms with Crippen LogP contribution in [0.5, 0.6) is 0 Å². The molecule has 0 bridgehead atoms. The van der Waals surface area contributed by atoms with Gasteiger partial charge in [-0.05, 0) is 46.2 Å². The lowest BCUT2D eigenvalue weighted by molar-refractivity contribution is 0.662. The molecule has 2 heterocycles. The minimum Gasteiger partial charge on any atom is -0.456 e. The van der Waals surface area contributed by atoms with Gasteiger partial charge in [0.15, 0.2) is 17.5 Å². The summed E-state index contributed by atoms with van der Waals surface area (Å²) < 4.78 is 6.48. The van der Waals surface area contributed by atoms with E-state index in [0.717, 1.165) is 55.2 Å². The fourth-order valence-corrected chi connectivity index (χ4v) is 6.54. The Morgan fingerprint density at radius 3 is 2.13 bits per heavy atom. The lowest BCUT2D eigenvalue weighted by Gasteiger charge is -2.23. The van der Waals surface area contributed by atoms with Crippen LogP contribution in [-0.2, 0) is 0 Å². The van der Waals surface area contributed by atoms with E-state index in [1.165, 1.54) is 5.39 Å². The summed E-state index contributed by atoms with van der Waals surface area (Å²) >= 11 is 0. The molecular weight excluding hydrogens is 550 g/mol. The Hall–Kier alpha value is -5.87. The Balaban J connectivity index is 1.30. The van der Waals surface area contributed by atoms with E-state index in [-0.39, 0.29) is 0 Å². The van der Waals surface area contributed by atoms with Crippen molar-refractivity contribution in [2.24, 2.45) is 11.8 Å². The standard InChI is InChI=1S/C41H27N3O/c1-2-12-28(13-3-1)39-42-40(32-21-19-27-11-5-7-15-30(27)23-32)44-41(43-39)35-24-33(31-20-18-26-10-4-6-14-29(26)22-31)25-37-38(35)34-16-8-9-17-36(34)45-37/h1-26,29H. The van der Waals surface area contributed by atoms with E-state index in [1.807, 2.05) is 48.5 Å². The highest BCUT2D eigenvalue weighted by molar-refractivity contribution is 6.13. The van der Waals surface area contributed by atoms with Crippen molar-refractivity contribution in [3.8, 4) is 34.2 Å². The Morgan fingerprint density at radius 1 is 0.511 bits per heavy atom. The Kier molecular flexibility index (Phi) is 5.91. The highest BCUT2D eigenvalue weighted by Crippen LogP contribution is 2.40. The van der Waals surface area contributed by atoms with Gasteiger partial charge in [0.05, 0.1) is 0 Å². The molecule has 9 rings (SSSR count). The van der Waals surface area contributed by atoms with Crippen molar-refractivity contribution in [2.75, 3.05) is 0 Å². The van der Waals surface area contributed by atoms with Gasteiger partial charge in [-0.1, -0.05) is 127 Å². The van der Waals surface area contributed by atoms with Crippen molar-refractivity contribution in [3.63, 3.8) is 0 Å². The number of para-hydroxylation sites is 1. The van der Waals surface area contributed by atoms with Gasteiger partial charge < -0.3 is 4.42 Å². The van der Waals surface area contributed by atoms with Crippen LogP contribution in [0.2, 0.25) is 0 Å². The van der Waals surface area contributed by atoms with Crippen LogP contribution in [0.4, 0.5) is 0 Å². The van der Waals surface area contributed by atoms with Crippen LogP contribution in [-0.4, -0.2) is 15.0 Å². The molecule has 2 unspecified atom stereocenters. The molecule has 2 aromatic heterocycles. The molecule has 2 atom stereocenters. The molecule has 7 aromatic rings. The Bertz CT molecular complexity index is 2390. The quantitative estimate of drug-likeness (QED) is 0.209. The van der Waals surface area contributed by atoms with Gasteiger partial charge in [-0.15, -0.1) is 0 Å². The molecule has 0 saturated carbocycles. The van der Waals surface area contributed by atoms with Crippen LogP contribution in [0.25, 0.3) is 72.4 Å². The number of hydrogen-bond donors (Lipinski definition) is 0. The second-order valence-electron chi connectivity index (χ2n) is 11.6. The lowest BCUT2D eigenvalue weighted by atomic mass is 9.81. The molecule has 0 amide bonds. The van der Waals surface area contributed by atoms with E-state index in [2.05, 4.69) is 103 Å². The maximum Gasteiger partial charge on any atom is 0.164 e. The average Bonchev–Trinajstić information content (AvgIpc) is 3.49. The SMILES string of the molecule is C1=CC2C=CC(c3cc(-c4nc(-c5ccccc5)nc(-c5ccc6ccccc6c5)n4)c4c(c3)oc3ccccc34)=CC2C=C1. The average molecular weight is 578 g/mol. The monoisotopic (exact) mass is 577 g/mol. The van der Waals surface area contributed by atoms with E-state index in [9.17, 15) is 0 Å². The van der Waals surface area contributed by atoms with Crippen molar-refractivity contribution in [1.82, 2.24) is 15.0 Å². The fraction of sp³-hybridized carbons (Fsp3) is 0.0488. The third-order valence-electron chi connectivity index (χ3n) is 8.82. The van der Waals surface area contributed by atoms with Gasteiger partial charge in [0.1, 0.15) is 11.2 Å². The first-order valence-electron chi connectivity index (χ1n) is 15.3. The molecule has 0 aliphatic heterocycles. The molecule has 0 fully saturated rings. The second-order valence-corrected chi connectivity index (χ2v) is 11.6. The number of nitrogens with zero attached hydrogens (tertiary/aromatic N) is 3. The van der Waals surface area contributed by atoms with Crippen molar-refractivity contribution in [3.05, 3.63) is 157 Å². The van der Waals surface area contributed by atoms with Crippen molar-refractivity contribution in [2.45, 2.75) is 0 Å². The van der Waals surface area contributed by atoms with Crippen LogP contribution in [0, 0.1) is 11.8 Å². The van der Waals surface area contributed by atoms with Gasteiger partial charge in [0, 0.05) is 39.3 Å². The Morgan fingerprint density at radius 2 is 1.24 bits per heavy atom. The molecule has 212 valence electrons. The van der Waals surface area contributed by atoms with Gasteiger partial charge in [-0.3, -0.25) is 0 Å². The van der Waals surface area contributed by atoms with Crippen LogP contribution in [0.1, 0.15) is 5.56 Å². The molecule has 0 spiro atoms. The number of benzene rings is 5. The summed E-state index contributed by atoms with van der Waals surface area (Å²) in [4.78, 5) is 15.3. The van der Waals surface area contributed by atoms with Gasteiger partial charge in [0.2, 0.25) is 0 Å². The number of aromatic nitrogens is 3. The maximum atomic E-state index is 6.48. The third-order valence-corrected chi connectivity index (χ3v) is 8.82. The minimum absolute atomic E-state index is 0.325. The third kappa shape index (κ3) is 4.50. The molecular formula is C41H27N3O. The van der Waals surface area contributed by atoms with E-state index in [0.29, 0.717) is 29.3 Å². The zero-order valence-corrected chi connectivity index (χ0v) is 24.3. The molecule has 0 saturated heterocycles. The van der Waals surface area contributed by atoms with Gasteiger partial charge in [-0.25, -0.2) is 15.0 Å². The summed E-state index contributed by atoms with van der Waals surface area (Å²) in [5, 5.41) is 4.36. The van der Waals surface area contributed by atoms with Crippen molar-refractivity contribution < 1.29 is 4.42 Å². The predicted molar refractivity (Wildman–Crippen MR) is 183 cm³/mol. The first-order valence-corrected chi connectivity index (χ1v) is 15.3.